The van der Waals surface area contributed by atoms with Gasteiger partial charge < -0.3 is 20.1 Å². The van der Waals surface area contributed by atoms with Gasteiger partial charge in [-0.1, -0.05) is 12.1 Å². The summed E-state index contributed by atoms with van der Waals surface area (Å²) in [5, 5.41) is 7.28. The number of halogens is 4. The number of hydrogen-bond donors (Lipinski definition) is 2. The van der Waals surface area contributed by atoms with Crippen molar-refractivity contribution in [1.82, 2.24) is 15.6 Å². The zero-order valence-corrected chi connectivity index (χ0v) is 17.6. The first-order valence-corrected chi connectivity index (χ1v) is 10.3. The van der Waals surface area contributed by atoms with E-state index in [9.17, 15) is 27.2 Å². The van der Waals surface area contributed by atoms with Gasteiger partial charge in [0.15, 0.2) is 6.61 Å². The smallest absolute Gasteiger partial charge is 0.484 e. The molecule has 0 radical (unpaired) electrons. The fourth-order valence-corrected chi connectivity index (χ4v) is 3.20. The van der Waals surface area contributed by atoms with E-state index in [2.05, 4.69) is 20.4 Å². The fourth-order valence-electron chi connectivity index (χ4n) is 2.48. The van der Waals surface area contributed by atoms with Crippen LogP contribution in [0, 0.1) is 5.82 Å². The molecule has 0 fully saturated rings. The molecular weight excluding hydrogens is 466 g/mol. The van der Waals surface area contributed by atoms with Crippen molar-refractivity contribution in [2.75, 3.05) is 6.61 Å². The molecule has 0 saturated heterocycles. The number of aromatic nitrogens is 1. The molecule has 12 heteroatoms. The molecular formula is C21H17F4N3O4S. The van der Waals surface area contributed by atoms with Crippen LogP contribution in [0.1, 0.15) is 21.1 Å². The van der Waals surface area contributed by atoms with E-state index in [1.807, 2.05) is 0 Å². The lowest BCUT2D eigenvalue weighted by Crippen LogP contribution is -2.28. The number of carbonyl (C=O) groups excluding carboxylic acids is 2. The first-order valence-electron chi connectivity index (χ1n) is 9.40. The summed E-state index contributed by atoms with van der Waals surface area (Å²) in [6.45, 7) is -0.0876. The number of carbonyl (C=O) groups is 2. The zero-order chi connectivity index (χ0) is 23.8. The first-order chi connectivity index (χ1) is 15.7. The average molecular weight is 483 g/mol. The van der Waals surface area contributed by atoms with Crippen molar-refractivity contribution in [2.45, 2.75) is 19.5 Å². The summed E-state index contributed by atoms with van der Waals surface area (Å²) in [7, 11) is 0. The molecule has 33 heavy (non-hydrogen) atoms. The van der Waals surface area contributed by atoms with E-state index in [1.165, 1.54) is 35.6 Å². The standard InChI is InChI=1S/C21H17F4N3O4S/c22-14-3-1-13(2-4-14)9-27-20(30)17-12-33-19(28-17)10-26-18(29)11-31-15-5-7-16(8-6-15)32-21(23,24)25/h1-8,12H,9-11H2,(H,26,29)(H,27,30). The van der Waals surface area contributed by atoms with Crippen molar-refractivity contribution in [2.24, 2.45) is 0 Å². The second-order valence-corrected chi connectivity index (χ2v) is 7.46. The molecule has 1 aromatic heterocycles. The highest BCUT2D eigenvalue weighted by Crippen LogP contribution is 2.24. The van der Waals surface area contributed by atoms with Crippen molar-refractivity contribution in [3.05, 3.63) is 76.0 Å². The van der Waals surface area contributed by atoms with Gasteiger partial charge in [0.1, 0.15) is 28.0 Å². The quantitative estimate of drug-likeness (QED) is 0.452. The molecule has 2 aromatic carbocycles. The van der Waals surface area contributed by atoms with Gasteiger partial charge in [0.05, 0.1) is 6.54 Å². The summed E-state index contributed by atoms with van der Waals surface area (Å²) in [6.07, 6.45) is -4.79. The van der Waals surface area contributed by atoms with E-state index in [0.717, 1.165) is 17.7 Å². The molecule has 0 spiro atoms. The highest BCUT2D eigenvalue weighted by molar-refractivity contribution is 7.09. The van der Waals surface area contributed by atoms with Gasteiger partial charge in [0, 0.05) is 11.9 Å². The fraction of sp³-hybridized carbons (Fsp3) is 0.190. The minimum absolute atomic E-state index is 0.0659. The lowest BCUT2D eigenvalue weighted by Gasteiger charge is -2.10. The van der Waals surface area contributed by atoms with E-state index in [1.54, 1.807) is 17.5 Å². The van der Waals surface area contributed by atoms with Crippen LogP contribution in [0.25, 0.3) is 0 Å². The number of nitrogens with zero attached hydrogens (tertiary/aromatic N) is 1. The Kier molecular flexibility index (Phi) is 7.83. The summed E-state index contributed by atoms with van der Waals surface area (Å²) in [4.78, 5) is 28.3. The Morgan fingerprint density at radius 1 is 0.939 bits per heavy atom. The van der Waals surface area contributed by atoms with Gasteiger partial charge >= 0.3 is 6.36 Å². The highest BCUT2D eigenvalue weighted by Gasteiger charge is 2.31. The Balaban J connectivity index is 1.40. The summed E-state index contributed by atoms with van der Waals surface area (Å²) in [6, 6.07) is 10.3. The van der Waals surface area contributed by atoms with E-state index in [4.69, 9.17) is 4.74 Å². The first kappa shape index (κ1) is 24.0. The second-order valence-electron chi connectivity index (χ2n) is 6.52. The van der Waals surface area contributed by atoms with Gasteiger partial charge in [-0.15, -0.1) is 24.5 Å². The van der Waals surface area contributed by atoms with Gasteiger partial charge in [-0.25, -0.2) is 9.37 Å². The van der Waals surface area contributed by atoms with Crippen molar-refractivity contribution in [1.29, 1.82) is 0 Å². The van der Waals surface area contributed by atoms with Gasteiger partial charge in [-0.2, -0.15) is 0 Å². The third-order valence-electron chi connectivity index (χ3n) is 4.01. The number of amides is 2. The molecule has 0 unspecified atom stereocenters. The molecule has 3 aromatic rings. The predicted octanol–water partition coefficient (Wildman–Crippen LogP) is 3.81. The molecule has 0 atom stereocenters. The van der Waals surface area contributed by atoms with Gasteiger partial charge in [0.2, 0.25) is 0 Å². The minimum atomic E-state index is -4.79. The van der Waals surface area contributed by atoms with Crippen LogP contribution < -0.4 is 20.1 Å². The normalized spacial score (nSPS) is 11.0. The molecule has 0 aliphatic heterocycles. The Morgan fingerprint density at radius 3 is 2.27 bits per heavy atom. The number of nitrogens with one attached hydrogen (secondary N) is 2. The topological polar surface area (TPSA) is 89.6 Å². The SMILES string of the molecule is O=C(COc1ccc(OC(F)(F)F)cc1)NCc1nc(C(=O)NCc2ccc(F)cc2)cs1. The molecule has 0 bridgehead atoms. The summed E-state index contributed by atoms with van der Waals surface area (Å²) in [5.74, 6) is -1.47. The molecule has 0 aliphatic rings. The lowest BCUT2D eigenvalue weighted by molar-refractivity contribution is -0.274. The van der Waals surface area contributed by atoms with E-state index >= 15 is 0 Å². The van der Waals surface area contributed by atoms with Crippen LogP contribution in [-0.2, 0) is 17.9 Å². The van der Waals surface area contributed by atoms with Gasteiger partial charge in [-0.3, -0.25) is 9.59 Å². The van der Waals surface area contributed by atoms with E-state index in [0.29, 0.717) is 5.01 Å². The highest BCUT2D eigenvalue weighted by atomic mass is 32.1. The predicted molar refractivity (Wildman–Crippen MR) is 110 cm³/mol. The Hall–Kier alpha value is -3.67. The Morgan fingerprint density at radius 2 is 1.61 bits per heavy atom. The van der Waals surface area contributed by atoms with Crippen molar-refractivity contribution >= 4 is 23.2 Å². The minimum Gasteiger partial charge on any atom is -0.484 e. The summed E-state index contributed by atoms with van der Waals surface area (Å²) < 4.78 is 58.3. The number of alkyl halides is 3. The maximum atomic E-state index is 12.9. The molecule has 174 valence electrons. The Labute approximate surface area is 189 Å². The number of rotatable bonds is 9. The molecule has 2 amide bonds. The number of ether oxygens (including phenoxy) is 2. The molecule has 3 rings (SSSR count). The van der Waals surface area contributed by atoms with Crippen LogP contribution in [0.5, 0.6) is 11.5 Å². The molecule has 0 saturated carbocycles. The van der Waals surface area contributed by atoms with Gasteiger partial charge in [0.25, 0.3) is 11.8 Å². The van der Waals surface area contributed by atoms with Crippen molar-refractivity contribution < 1.29 is 36.6 Å². The molecule has 2 N–H and O–H groups in total. The van der Waals surface area contributed by atoms with Crippen molar-refractivity contribution in [3.63, 3.8) is 0 Å². The maximum Gasteiger partial charge on any atom is 0.573 e. The third kappa shape index (κ3) is 8.07. The van der Waals surface area contributed by atoms with Crippen LogP contribution in [0.2, 0.25) is 0 Å². The summed E-state index contributed by atoms with van der Waals surface area (Å²) >= 11 is 1.18. The number of benzene rings is 2. The van der Waals surface area contributed by atoms with Crippen LogP contribution in [0.4, 0.5) is 17.6 Å². The van der Waals surface area contributed by atoms with Crippen LogP contribution in [0.3, 0.4) is 0 Å². The van der Waals surface area contributed by atoms with Crippen LogP contribution in [-0.4, -0.2) is 29.8 Å². The number of thiazole rings is 1. The largest absolute Gasteiger partial charge is 0.573 e. The third-order valence-corrected chi connectivity index (χ3v) is 4.86. The van der Waals surface area contributed by atoms with Crippen LogP contribution >= 0.6 is 11.3 Å². The molecule has 1 heterocycles. The Bertz CT molecular complexity index is 1090. The van der Waals surface area contributed by atoms with Crippen molar-refractivity contribution in [3.8, 4) is 11.5 Å². The van der Waals surface area contributed by atoms with E-state index in [-0.39, 0.29) is 37.0 Å². The average Bonchev–Trinajstić information content (AvgIpc) is 3.25. The maximum absolute atomic E-state index is 12.9. The molecule has 0 aliphatic carbocycles. The molecule has 7 nitrogen and oxygen atoms in total. The second kappa shape index (κ2) is 10.8. The monoisotopic (exact) mass is 483 g/mol. The van der Waals surface area contributed by atoms with Crippen LogP contribution in [0.15, 0.2) is 53.9 Å². The van der Waals surface area contributed by atoms with E-state index < -0.39 is 23.9 Å². The number of hydrogen-bond acceptors (Lipinski definition) is 6. The summed E-state index contributed by atoms with van der Waals surface area (Å²) in [5.41, 5.74) is 0.916. The lowest BCUT2D eigenvalue weighted by atomic mass is 10.2. The zero-order valence-electron chi connectivity index (χ0n) is 16.8. The van der Waals surface area contributed by atoms with Gasteiger partial charge in [-0.05, 0) is 42.0 Å².